The minimum absolute atomic E-state index is 0.187. The van der Waals surface area contributed by atoms with E-state index in [1.165, 1.54) is 30.7 Å². The van der Waals surface area contributed by atoms with Gasteiger partial charge in [-0.3, -0.25) is 9.59 Å². The predicted molar refractivity (Wildman–Crippen MR) is 105 cm³/mol. The molecule has 3 aliphatic rings. The van der Waals surface area contributed by atoms with E-state index in [9.17, 15) is 14.4 Å². The number of pyridine rings is 1. The van der Waals surface area contributed by atoms with Gasteiger partial charge in [-0.15, -0.1) is 0 Å². The van der Waals surface area contributed by atoms with Gasteiger partial charge in [0, 0.05) is 23.8 Å². The van der Waals surface area contributed by atoms with E-state index in [1.807, 2.05) is 13.8 Å². The molecular weight excluding hydrogens is 394 g/mol. The number of hydrogen-bond acceptors (Lipinski definition) is 6. The van der Waals surface area contributed by atoms with Crippen molar-refractivity contribution in [2.75, 3.05) is 0 Å². The number of Topliss-reactive ketones (excluding diaryl/α,β-unsaturated/α-hetero) is 1. The standard InChI is InChI=1S/C22H18ClNO5/c1-21(2)9-13-8-16-14(5-6-17(25)12-4-7-18(23)24-10-12)20(27)29-22(16,3)19(26)15(13)11-28-21/h4-8,10-11H,9H2,1-3H3/b6-5+. The maximum atomic E-state index is 13.0. The van der Waals surface area contributed by atoms with Gasteiger partial charge in [-0.05, 0) is 56.7 Å². The number of carbonyl (C=O) groups excluding carboxylic acids is 3. The van der Waals surface area contributed by atoms with Crippen molar-refractivity contribution in [1.82, 2.24) is 4.98 Å². The lowest BCUT2D eigenvalue weighted by atomic mass is 9.74. The van der Waals surface area contributed by atoms with Gasteiger partial charge in [-0.25, -0.2) is 9.78 Å². The summed E-state index contributed by atoms with van der Waals surface area (Å²) in [4.78, 5) is 41.8. The Kier molecular flexibility index (Phi) is 4.35. The Bertz CT molecular complexity index is 1070. The molecule has 2 aliphatic heterocycles. The molecule has 29 heavy (non-hydrogen) atoms. The number of esters is 1. The number of rotatable bonds is 3. The van der Waals surface area contributed by atoms with Gasteiger partial charge in [0.15, 0.2) is 11.4 Å². The van der Waals surface area contributed by atoms with Crippen LogP contribution >= 0.6 is 11.6 Å². The van der Waals surface area contributed by atoms with E-state index in [0.29, 0.717) is 23.1 Å². The van der Waals surface area contributed by atoms with Crippen molar-refractivity contribution in [1.29, 1.82) is 0 Å². The second-order valence-corrected chi connectivity index (χ2v) is 8.29. The van der Waals surface area contributed by atoms with Gasteiger partial charge in [-0.1, -0.05) is 11.6 Å². The van der Waals surface area contributed by atoms with E-state index in [-0.39, 0.29) is 22.3 Å². The molecule has 1 aromatic heterocycles. The van der Waals surface area contributed by atoms with E-state index < -0.39 is 17.2 Å². The van der Waals surface area contributed by atoms with Crippen LogP contribution in [-0.4, -0.2) is 33.7 Å². The SMILES string of the molecule is CC1(C)CC2=CC3=C(/C=C/C(=O)c4ccc(Cl)nc4)C(=O)OC3(C)C(=O)C2=CO1. The van der Waals surface area contributed by atoms with E-state index >= 15 is 0 Å². The maximum Gasteiger partial charge on any atom is 0.339 e. The number of carbonyl (C=O) groups is 3. The zero-order chi connectivity index (χ0) is 21.0. The first kappa shape index (κ1) is 19.3. The molecule has 0 bridgehead atoms. The van der Waals surface area contributed by atoms with Crippen LogP contribution in [0.4, 0.5) is 0 Å². The summed E-state index contributed by atoms with van der Waals surface area (Å²) in [5.74, 6) is -1.32. The summed E-state index contributed by atoms with van der Waals surface area (Å²) in [5.41, 5.74) is 0.290. The Balaban J connectivity index is 1.74. The topological polar surface area (TPSA) is 82.6 Å². The number of fused-ring (bicyclic) bond motifs is 2. The molecule has 1 atom stereocenters. The van der Waals surface area contributed by atoms with Crippen LogP contribution in [0.15, 0.2) is 65.1 Å². The molecule has 0 saturated carbocycles. The van der Waals surface area contributed by atoms with Gasteiger partial charge < -0.3 is 9.47 Å². The average molecular weight is 412 g/mol. The fraction of sp³-hybridized carbons (Fsp3) is 0.273. The summed E-state index contributed by atoms with van der Waals surface area (Å²) < 4.78 is 11.1. The largest absolute Gasteiger partial charge is 0.494 e. The maximum absolute atomic E-state index is 13.0. The third-order valence-electron chi connectivity index (χ3n) is 5.19. The Morgan fingerprint density at radius 1 is 1.24 bits per heavy atom. The van der Waals surface area contributed by atoms with Crippen LogP contribution in [0.1, 0.15) is 37.6 Å². The minimum atomic E-state index is -1.43. The lowest BCUT2D eigenvalue weighted by molar-refractivity contribution is -0.152. The zero-order valence-corrected chi connectivity index (χ0v) is 16.9. The Morgan fingerprint density at radius 3 is 2.69 bits per heavy atom. The van der Waals surface area contributed by atoms with E-state index in [2.05, 4.69) is 4.98 Å². The molecule has 0 amide bonds. The van der Waals surface area contributed by atoms with Crippen molar-refractivity contribution in [3.8, 4) is 0 Å². The first-order valence-electron chi connectivity index (χ1n) is 9.06. The number of halogens is 1. The average Bonchev–Trinajstić information content (AvgIpc) is 2.90. The highest BCUT2D eigenvalue weighted by Crippen LogP contribution is 2.46. The highest BCUT2D eigenvalue weighted by atomic mass is 35.5. The number of ketones is 2. The molecule has 0 fully saturated rings. The quantitative estimate of drug-likeness (QED) is 0.326. The molecule has 0 radical (unpaired) electrons. The summed E-state index contributed by atoms with van der Waals surface area (Å²) in [7, 11) is 0. The molecule has 6 nitrogen and oxygen atoms in total. The van der Waals surface area contributed by atoms with Crippen LogP contribution in [0.5, 0.6) is 0 Å². The molecule has 1 aromatic rings. The first-order valence-corrected chi connectivity index (χ1v) is 9.44. The first-order chi connectivity index (χ1) is 13.6. The van der Waals surface area contributed by atoms with Crippen LogP contribution in [-0.2, 0) is 19.1 Å². The normalized spacial score (nSPS) is 25.1. The molecule has 0 aromatic carbocycles. The summed E-state index contributed by atoms with van der Waals surface area (Å²) in [6, 6.07) is 3.06. The molecule has 3 heterocycles. The Hall–Kier alpha value is -2.99. The molecule has 4 rings (SSSR count). The van der Waals surface area contributed by atoms with Crippen molar-refractivity contribution < 1.29 is 23.9 Å². The third-order valence-corrected chi connectivity index (χ3v) is 5.41. The number of aromatic nitrogens is 1. The molecule has 0 N–H and O–H groups in total. The van der Waals surface area contributed by atoms with Crippen LogP contribution in [0, 0.1) is 0 Å². The molecule has 1 aliphatic carbocycles. The van der Waals surface area contributed by atoms with E-state index in [0.717, 1.165) is 5.57 Å². The summed E-state index contributed by atoms with van der Waals surface area (Å²) in [6.07, 6.45) is 7.78. The van der Waals surface area contributed by atoms with Crippen molar-refractivity contribution in [2.24, 2.45) is 0 Å². The highest BCUT2D eigenvalue weighted by molar-refractivity contribution is 6.29. The van der Waals surface area contributed by atoms with E-state index in [1.54, 1.807) is 19.1 Å². The summed E-state index contributed by atoms with van der Waals surface area (Å²) in [5, 5.41) is 0.279. The third kappa shape index (κ3) is 3.23. The fourth-order valence-corrected chi connectivity index (χ4v) is 3.74. The number of allylic oxidation sites excluding steroid dienone is 1. The fourth-order valence-electron chi connectivity index (χ4n) is 3.63. The van der Waals surface area contributed by atoms with Crippen LogP contribution in [0.3, 0.4) is 0 Å². The lowest BCUT2D eigenvalue weighted by Crippen LogP contribution is -2.43. The van der Waals surface area contributed by atoms with Gasteiger partial charge in [0.25, 0.3) is 0 Å². The summed E-state index contributed by atoms with van der Waals surface area (Å²) in [6.45, 7) is 5.40. The zero-order valence-electron chi connectivity index (χ0n) is 16.1. The van der Waals surface area contributed by atoms with Gasteiger partial charge >= 0.3 is 5.97 Å². The molecule has 148 valence electrons. The van der Waals surface area contributed by atoms with Crippen molar-refractivity contribution in [2.45, 2.75) is 38.4 Å². The van der Waals surface area contributed by atoms with Crippen LogP contribution in [0.2, 0.25) is 5.15 Å². The number of hydrogen-bond donors (Lipinski definition) is 0. The minimum Gasteiger partial charge on any atom is -0.494 e. The second kappa shape index (κ2) is 6.52. The van der Waals surface area contributed by atoms with Gasteiger partial charge in [0.1, 0.15) is 10.8 Å². The number of nitrogens with zero attached hydrogens (tertiary/aromatic N) is 1. The van der Waals surface area contributed by atoms with Crippen LogP contribution < -0.4 is 0 Å². The smallest absolute Gasteiger partial charge is 0.339 e. The van der Waals surface area contributed by atoms with Crippen LogP contribution in [0.25, 0.3) is 0 Å². The summed E-state index contributed by atoms with van der Waals surface area (Å²) >= 11 is 5.74. The van der Waals surface area contributed by atoms with Crippen molar-refractivity contribution in [3.05, 3.63) is 75.8 Å². The van der Waals surface area contributed by atoms with Crippen molar-refractivity contribution >= 4 is 29.1 Å². The Labute approximate surface area is 172 Å². The molecular formula is C22H18ClNO5. The molecule has 7 heteroatoms. The molecule has 0 spiro atoms. The van der Waals surface area contributed by atoms with E-state index in [4.69, 9.17) is 21.1 Å². The predicted octanol–water partition coefficient (Wildman–Crippen LogP) is 3.68. The highest BCUT2D eigenvalue weighted by Gasteiger charge is 2.53. The lowest BCUT2D eigenvalue weighted by Gasteiger charge is -2.37. The van der Waals surface area contributed by atoms with Crippen molar-refractivity contribution in [3.63, 3.8) is 0 Å². The Morgan fingerprint density at radius 2 is 2.00 bits per heavy atom. The number of ether oxygens (including phenoxy) is 2. The second-order valence-electron chi connectivity index (χ2n) is 7.90. The van der Waals surface area contributed by atoms with Gasteiger partial charge in [-0.2, -0.15) is 0 Å². The monoisotopic (exact) mass is 411 g/mol. The molecule has 1 unspecified atom stereocenters. The molecule has 0 saturated heterocycles. The van der Waals surface area contributed by atoms with Gasteiger partial charge in [0.2, 0.25) is 5.78 Å². The van der Waals surface area contributed by atoms with Gasteiger partial charge in [0.05, 0.1) is 17.4 Å².